The normalized spacial score (nSPS) is 18.1. The molecule has 0 aromatic carbocycles. The zero-order valence-corrected chi connectivity index (χ0v) is 9.83. The van der Waals surface area contributed by atoms with Crippen molar-refractivity contribution < 1.29 is 4.79 Å². The first-order chi connectivity index (χ1) is 7.13. The molecule has 0 heterocycles. The largest absolute Gasteiger partial charge is 0.368 e. The number of hydrogen-bond donors (Lipinski definition) is 2. The van der Waals surface area contributed by atoms with Crippen LogP contribution in [-0.4, -0.2) is 43.5 Å². The number of nitrogens with zero attached hydrogens (tertiary/aromatic N) is 1. The number of carbonyl (C=O) groups excluding carboxylic acids is 1. The summed E-state index contributed by atoms with van der Waals surface area (Å²) in [4.78, 5) is 13.4. The molecule has 1 aliphatic rings. The first kappa shape index (κ1) is 12.5. The third kappa shape index (κ3) is 5.14. The maximum Gasteiger partial charge on any atom is 0.234 e. The summed E-state index contributed by atoms with van der Waals surface area (Å²) < 4.78 is 0. The molecule has 1 rings (SSSR count). The molecule has 4 heteroatoms. The zero-order chi connectivity index (χ0) is 11.3. The van der Waals surface area contributed by atoms with Crippen molar-refractivity contribution in [1.82, 2.24) is 10.2 Å². The summed E-state index contributed by atoms with van der Waals surface area (Å²) in [5, 5.41) is 3.11. The zero-order valence-electron chi connectivity index (χ0n) is 9.83. The second-order valence-corrected chi connectivity index (χ2v) is 4.51. The quantitative estimate of drug-likeness (QED) is 0.605. The van der Waals surface area contributed by atoms with Crippen molar-refractivity contribution in [2.24, 2.45) is 11.7 Å². The van der Waals surface area contributed by atoms with Crippen LogP contribution in [0.25, 0.3) is 0 Å². The van der Waals surface area contributed by atoms with Crippen molar-refractivity contribution in [3.8, 4) is 0 Å². The van der Waals surface area contributed by atoms with Crippen molar-refractivity contribution in [2.75, 3.05) is 26.7 Å². The predicted molar refractivity (Wildman–Crippen MR) is 61.5 cm³/mol. The van der Waals surface area contributed by atoms with Crippen LogP contribution in [0.1, 0.15) is 26.2 Å². The molecule has 4 nitrogen and oxygen atoms in total. The van der Waals surface area contributed by atoms with Gasteiger partial charge in [-0.15, -0.1) is 0 Å². The van der Waals surface area contributed by atoms with Gasteiger partial charge < -0.3 is 16.0 Å². The Hall–Kier alpha value is -0.610. The van der Waals surface area contributed by atoms with Gasteiger partial charge in [-0.1, -0.05) is 6.92 Å². The van der Waals surface area contributed by atoms with Gasteiger partial charge in [-0.3, -0.25) is 4.79 Å². The predicted octanol–water partition coefficient (Wildman–Crippen LogP) is 0.182. The maximum absolute atomic E-state index is 11.1. The lowest BCUT2D eigenvalue weighted by Crippen LogP contribution is -2.43. The average Bonchev–Trinajstić information content (AvgIpc) is 2.95. The number of nitrogens with one attached hydrogen (secondary N) is 1. The van der Waals surface area contributed by atoms with Gasteiger partial charge in [0.25, 0.3) is 0 Å². The summed E-state index contributed by atoms with van der Waals surface area (Å²) in [5.74, 6) is 0.665. The number of hydrogen-bond acceptors (Lipinski definition) is 3. The second-order valence-electron chi connectivity index (χ2n) is 4.51. The summed E-state index contributed by atoms with van der Waals surface area (Å²) in [6.07, 6.45) is 3.56. The van der Waals surface area contributed by atoms with E-state index in [0.29, 0.717) is 0 Å². The number of primary amides is 1. The Kier molecular flexibility index (Phi) is 5.05. The molecule has 0 aliphatic heterocycles. The van der Waals surface area contributed by atoms with E-state index >= 15 is 0 Å². The summed E-state index contributed by atoms with van der Waals surface area (Å²) >= 11 is 0. The van der Waals surface area contributed by atoms with Gasteiger partial charge in [0.2, 0.25) is 5.91 Å². The van der Waals surface area contributed by atoms with E-state index in [4.69, 9.17) is 5.73 Å². The van der Waals surface area contributed by atoms with Crippen molar-refractivity contribution in [3.63, 3.8) is 0 Å². The first-order valence-corrected chi connectivity index (χ1v) is 5.84. The fraction of sp³-hybridized carbons (Fsp3) is 0.909. The van der Waals surface area contributed by atoms with E-state index in [1.54, 1.807) is 0 Å². The third-order valence-electron chi connectivity index (χ3n) is 2.86. The van der Waals surface area contributed by atoms with E-state index in [1.807, 2.05) is 6.92 Å². The van der Waals surface area contributed by atoms with Gasteiger partial charge in [0.05, 0.1) is 6.04 Å². The van der Waals surface area contributed by atoms with Gasteiger partial charge in [-0.2, -0.15) is 0 Å². The van der Waals surface area contributed by atoms with E-state index in [0.717, 1.165) is 32.0 Å². The molecule has 1 fully saturated rings. The van der Waals surface area contributed by atoms with Gasteiger partial charge in [0.1, 0.15) is 0 Å². The smallest absolute Gasteiger partial charge is 0.234 e. The van der Waals surface area contributed by atoms with E-state index < -0.39 is 0 Å². The molecule has 15 heavy (non-hydrogen) atoms. The minimum absolute atomic E-state index is 0.170. The minimum atomic E-state index is -0.239. The Labute approximate surface area is 92.2 Å². The van der Waals surface area contributed by atoms with E-state index in [9.17, 15) is 4.79 Å². The van der Waals surface area contributed by atoms with Crippen LogP contribution in [0.2, 0.25) is 0 Å². The van der Waals surface area contributed by atoms with Crippen molar-refractivity contribution in [3.05, 3.63) is 0 Å². The third-order valence-corrected chi connectivity index (χ3v) is 2.86. The number of amides is 1. The topological polar surface area (TPSA) is 58.4 Å². The molecule has 0 spiro atoms. The van der Waals surface area contributed by atoms with Crippen LogP contribution >= 0.6 is 0 Å². The number of likely N-dealkylation sites (N-methyl/N-ethyl adjacent to an activating group) is 1. The molecule has 1 atom stereocenters. The molecule has 1 aliphatic carbocycles. The number of carbonyl (C=O) groups is 1. The highest BCUT2D eigenvalue weighted by Gasteiger charge is 2.23. The van der Waals surface area contributed by atoms with Crippen LogP contribution in [0.5, 0.6) is 0 Å². The molecule has 1 saturated carbocycles. The van der Waals surface area contributed by atoms with Gasteiger partial charge >= 0.3 is 0 Å². The van der Waals surface area contributed by atoms with Gasteiger partial charge in [0.15, 0.2) is 0 Å². The Morgan fingerprint density at radius 2 is 2.27 bits per heavy atom. The van der Waals surface area contributed by atoms with Crippen LogP contribution in [-0.2, 0) is 4.79 Å². The number of rotatable bonds is 8. The standard InChI is InChI=1S/C11H23N3O/c1-3-13-10(11(12)15)6-7-14(2)8-9-4-5-9/h9-10,13H,3-8H2,1-2H3,(H2,12,15). The Morgan fingerprint density at radius 3 is 2.73 bits per heavy atom. The molecule has 0 aromatic rings. The van der Waals surface area contributed by atoms with Crippen molar-refractivity contribution in [1.29, 1.82) is 0 Å². The van der Waals surface area contributed by atoms with Crippen LogP contribution in [0.4, 0.5) is 0 Å². The molecule has 0 aromatic heterocycles. The molecule has 1 unspecified atom stereocenters. The van der Waals surface area contributed by atoms with Gasteiger partial charge in [-0.05, 0) is 45.3 Å². The molecule has 0 radical (unpaired) electrons. The summed E-state index contributed by atoms with van der Waals surface area (Å²) in [6.45, 7) is 4.89. The summed E-state index contributed by atoms with van der Waals surface area (Å²) in [7, 11) is 2.11. The molecule has 0 saturated heterocycles. The Balaban J connectivity index is 2.15. The van der Waals surface area contributed by atoms with Crippen LogP contribution < -0.4 is 11.1 Å². The molecule has 0 bridgehead atoms. The van der Waals surface area contributed by atoms with Gasteiger partial charge in [0, 0.05) is 6.54 Å². The second kappa shape index (κ2) is 6.08. The average molecular weight is 213 g/mol. The lowest BCUT2D eigenvalue weighted by molar-refractivity contribution is -0.120. The fourth-order valence-electron chi connectivity index (χ4n) is 1.77. The van der Waals surface area contributed by atoms with E-state index in [-0.39, 0.29) is 11.9 Å². The lowest BCUT2D eigenvalue weighted by atomic mass is 10.2. The van der Waals surface area contributed by atoms with E-state index in [2.05, 4.69) is 17.3 Å². The number of nitrogens with two attached hydrogens (primary N) is 1. The monoisotopic (exact) mass is 213 g/mol. The van der Waals surface area contributed by atoms with Crippen LogP contribution in [0.15, 0.2) is 0 Å². The highest BCUT2D eigenvalue weighted by molar-refractivity contribution is 5.79. The molecule has 3 N–H and O–H groups in total. The highest BCUT2D eigenvalue weighted by Crippen LogP contribution is 2.29. The lowest BCUT2D eigenvalue weighted by Gasteiger charge is -2.20. The van der Waals surface area contributed by atoms with Crippen molar-refractivity contribution >= 4 is 5.91 Å². The molecule has 88 valence electrons. The Bertz CT molecular complexity index is 204. The van der Waals surface area contributed by atoms with E-state index in [1.165, 1.54) is 12.8 Å². The van der Waals surface area contributed by atoms with Gasteiger partial charge in [-0.25, -0.2) is 0 Å². The van der Waals surface area contributed by atoms with Crippen molar-refractivity contribution in [2.45, 2.75) is 32.2 Å². The minimum Gasteiger partial charge on any atom is -0.368 e. The molecular formula is C11H23N3O. The van der Waals surface area contributed by atoms with Crippen LogP contribution in [0, 0.1) is 5.92 Å². The Morgan fingerprint density at radius 1 is 1.60 bits per heavy atom. The summed E-state index contributed by atoms with van der Waals surface area (Å²) in [5.41, 5.74) is 5.30. The molecule has 1 amide bonds. The first-order valence-electron chi connectivity index (χ1n) is 5.84. The fourth-order valence-corrected chi connectivity index (χ4v) is 1.77. The molecular weight excluding hydrogens is 190 g/mol. The SMILES string of the molecule is CCNC(CCN(C)CC1CC1)C(N)=O. The maximum atomic E-state index is 11.1. The highest BCUT2D eigenvalue weighted by atomic mass is 16.1. The summed E-state index contributed by atoms with van der Waals surface area (Å²) in [6, 6.07) is -0.170. The van der Waals surface area contributed by atoms with Crippen LogP contribution in [0.3, 0.4) is 0 Å².